The third-order valence-electron chi connectivity index (χ3n) is 2.99. The van der Waals surface area contributed by atoms with Crippen molar-refractivity contribution in [3.8, 4) is 5.75 Å². The van der Waals surface area contributed by atoms with Crippen LogP contribution in [0.1, 0.15) is 26.2 Å². The van der Waals surface area contributed by atoms with Gasteiger partial charge < -0.3 is 4.74 Å². The van der Waals surface area contributed by atoms with E-state index in [-0.39, 0.29) is 11.3 Å². The summed E-state index contributed by atoms with van der Waals surface area (Å²) in [4.78, 5) is 11.6. The molecule has 0 unspecified atom stereocenters. The van der Waals surface area contributed by atoms with E-state index in [2.05, 4.69) is 0 Å². The average molecular weight is 301 g/mol. The quantitative estimate of drug-likeness (QED) is 0.588. The summed E-state index contributed by atoms with van der Waals surface area (Å²) in [5, 5.41) is 7.42. The van der Waals surface area contributed by atoms with E-state index in [9.17, 15) is 13.2 Å². The lowest BCUT2D eigenvalue weighted by Crippen LogP contribution is -2.38. The van der Waals surface area contributed by atoms with Crippen molar-refractivity contribution in [2.24, 2.45) is 0 Å². The van der Waals surface area contributed by atoms with E-state index in [1.165, 1.54) is 36.9 Å². The minimum atomic E-state index is -3.84. The van der Waals surface area contributed by atoms with Gasteiger partial charge >= 0.3 is 0 Å². The largest absolute Gasteiger partial charge is 0.497 e. The van der Waals surface area contributed by atoms with Gasteiger partial charge in [0.15, 0.2) is 9.84 Å². The number of sulfone groups is 1. The van der Waals surface area contributed by atoms with Gasteiger partial charge in [0, 0.05) is 0 Å². The fourth-order valence-corrected chi connectivity index (χ4v) is 3.47. The van der Waals surface area contributed by atoms with Crippen molar-refractivity contribution in [1.82, 2.24) is 5.48 Å². The van der Waals surface area contributed by atoms with Gasteiger partial charge in [-0.2, -0.15) is 0 Å². The zero-order valence-corrected chi connectivity index (χ0v) is 12.3. The highest BCUT2D eigenvalue weighted by Crippen LogP contribution is 2.22. The SMILES string of the molecule is CCCC[C@H](C(=O)NO)S(=O)(=O)c1ccc(OC)cc1. The number of carbonyl (C=O) groups is 1. The Kier molecular flexibility index (Phi) is 5.97. The Labute approximate surface area is 118 Å². The molecule has 1 atom stereocenters. The van der Waals surface area contributed by atoms with E-state index in [1.807, 2.05) is 6.92 Å². The first-order chi connectivity index (χ1) is 9.47. The van der Waals surface area contributed by atoms with E-state index in [1.54, 1.807) is 0 Å². The molecule has 1 amide bonds. The summed E-state index contributed by atoms with van der Waals surface area (Å²) in [7, 11) is -2.36. The molecule has 112 valence electrons. The Balaban J connectivity index is 3.10. The smallest absolute Gasteiger partial charge is 0.262 e. The molecule has 0 aliphatic rings. The minimum absolute atomic E-state index is 0.0306. The lowest BCUT2D eigenvalue weighted by molar-refractivity contribution is -0.128. The molecule has 2 N–H and O–H groups in total. The molecule has 1 aromatic carbocycles. The number of carbonyl (C=O) groups excluding carboxylic acids is 1. The van der Waals surface area contributed by atoms with Crippen molar-refractivity contribution in [2.45, 2.75) is 36.3 Å². The molecule has 0 saturated heterocycles. The highest BCUT2D eigenvalue weighted by molar-refractivity contribution is 7.92. The first kappa shape index (κ1) is 16.5. The monoisotopic (exact) mass is 301 g/mol. The average Bonchev–Trinajstić information content (AvgIpc) is 2.47. The summed E-state index contributed by atoms with van der Waals surface area (Å²) >= 11 is 0. The molecule has 1 aromatic rings. The lowest BCUT2D eigenvalue weighted by Gasteiger charge is -2.15. The number of hydrogen-bond acceptors (Lipinski definition) is 5. The van der Waals surface area contributed by atoms with Crippen LogP contribution in [-0.2, 0) is 14.6 Å². The van der Waals surface area contributed by atoms with E-state index >= 15 is 0 Å². The van der Waals surface area contributed by atoms with Crippen molar-refractivity contribution >= 4 is 15.7 Å². The molecule has 0 aliphatic carbocycles. The highest BCUT2D eigenvalue weighted by atomic mass is 32.2. The second-order valence-corrected chi connectivity index (χ2v) is 6.46. The summed E-state index contributed by atoms with van der Waals surface area (Å²) in [5.41, 5.74) is 1.43. The number of methoxy groups -OCH3 is 1. The number of hydroxylamine groups is 1. The van der Waals surface area contributed by atoms with Gasteiger partial charge in [-0.1, -0.05) is 19.8 Å². The summed E-state index contributed by atoms with van der Waals surface area (Å²) in [6.45, 7) is 1.90. The summed E-state index contributed by atoms with van der Waals surface area (Å²) in [5.74, 6) is -0.380. The Hall–Kier alpha value is -1.60. The van der Waals surface area contributed by atoms with Crippen molar-refractivity contribution in [3.05, 3.63) is 24.3 Å². The van der Waals surface area contributed by atoms with Crippen molar-refractivity contribution in [3.63, 3.8) is 0 Å². The topological polar surface area (TPSA) is 92.7 Å². The first-order valence-electron chi connectivity index (χ1n) is 6.29. The fourth-order valence-electron chi connectivity index (χ4n) is 1.82. The van der Waals surface area contributed by atoms with E-state index in [0.29, 0.717) is 12.2 Å². The van der Waals surface area contributed by atoms with E-state index < -0.39 is 21.0 Å². The molecule has 0 heterocycles. The van der Waals surface area contributed by atoms with Gasteiger partial charge in [0.05, 0.1) is 12.0 Å². The van der Waals surface area contributed by atoms with Gasteiger partial charge in [0.1, 0.15) is 11.0 Å². The molecule has 1 rings (SSSR count). The van der Waals surface area contributed by atoms with Crippen LogP contribution in [0.2, 0.25) is 0 Å². The standard InChI is InChI=1S/C13H19NO5S/c1-3-4-5-12(13(15)14-16)20(17,18)11-8-6-10(19-2)7-9-11/h6-9,12,16H,3-5H2,1-2H3,(H,14,15)/t12-/m1/s1. The molecule has 0 bridgehead atoms. The molecule has 6 nitrogen and oxygen atoms in total. The van der Waals surface area contributed by atoms with Gasteiger partial charge in [-0.25, -0.2) is 13.9 Å². The maximum Gasteiger partial charge on any atom is 0.262 e. The van der Waals surface area contributed by atoms with Crippen LogP contribution in [0.3, 0.4) is 0 Å². The highest BCUT2D eigenvalue weighted by Gasteiger charge is 2.33. The van der Waals surface area contributed by atoms with Gasteiger partial charge in [-0.05, 0) is 30.7 Å². The Morgan fingerprint density at radius 1 is 1.35 bits per heavy atom. The lowest BCUT2D eigenvalue weighted by atomic mass is 10.2. The van der Waals surface area contributed by atoms with E-state index in [4.69, 9.17) is 9.94 Å². The number of nitrogens with one attached hydrogen (secondary N) is 1. The fraction of sp³-hybridized carbons (Fsp3) is 0.462. The van der Waals surface area contributed by atoms with Crippen LogP contribution in [0.5, 0.6) is 5.75 Å². The van der Waals surface area contributed by atoms with Gasteiger partial charge in [0.25, 0.3) is 5.91 Å². The summed E-state index contributed by atoms with van der Waals surface area (Å²) in [6, 6.07) is 5.80. The van der Waals surface area contributed by atoms with Crippen LogP contribution < -0.4 is 10.2 Å². The number of benzene rings is 1. The first-order valence-corrected chi connectivity index (χ1v) is 7.83. The number of amides is 1. The van der Waals surface area contributed by atoms with Crippen LogP contribution in [0.15, 0.2) is 29.2 Å². The molecule has 20 heavy (non-hydrogen) atoms. The molecule has 0 fully saturated rings. The zero-order chi connectivity index (χ0) is 15.2. The minimum Gasteiger partial charge on any atom is -0.497 e. The third-order valence-corrected chi connectivity index (χ3v) is 5.11. The third kappa shape index (κ3) is 3.71. The van der Waals surface area contributed by atoms with Crippen LogP contribution in [0, 0.1) is 0 Å². The second kappa shape index (κ2) is 7.25. The van der Waals surface area contributed by atoms with E-state index in [0.717, 1.165) is 6.42 Å². The summed E-state index contributed by atoms with van der Waals surface area (Å²) < 4.78 is 29.8. The predicted molar refractivity (Wildman–Crippen MR) is 73.4 cm³/mol. The van der Waals surface area contributed by atoms with Crippen molar-refractivity contribution in [1.29, 1.82) is 0 Å². The predicted octanol–water partition coefficient (Wildman–Crippen LogP) is 1.53. The molecule has 0 spiro atoms. The molecular weight excluding hydrogens is 282 g/mol. The Bertz CT molecular complexity index is 538. The number of rotatable bonds is 7. The maximum absolute atomic E-state index is 12.4. The zero-order valence-electron chi connectivity index (χ0n) is 11.5. The molecule has 0 aliphatic heterocycles. The Morgan fingerprint density at radius 2 is 1.95 bits per heavy atom. The van der Waals surface area contributed by atoms with Crippen LogP contribution in [-0.4, -0.2) is 31.9 Å². The second-order valence-electron chi connectivity index (χ2n) is 4.33. The number of hydrogen-bond donors (Lipinski definition) is 2. The van der Waals surface area contributed by atoms with Crippen LogP contribution in [0.4, 0.5) is 0 Å². The van der Waals surface area contributed by atoms with Gasteiger partial charge in [0.2, 0.25) is 0 Å². The van der Waals surface area contributed by atoms with Gasteiger partial charge in [-0.15, -0.1) is 0 Å². The summed E-state index contributed by atoms with van der Waals surface area (Å²) in [6.07, 6.45) is 1.50. The van der Waals surface area contributed by atoms with Crippen molar-refractivity contribution in [2.75, 3.05) is 7.11 Å². The Morgan fingerprint density at radius 3 is 2.40 bits per heavy atom. The molecule has 0 saturated carbocycles. The molecule has 0 aromatic heterocycles. The molecular formula is C13H19NO5S. The number of ether oxygens (including phenoxy) is 1. The van der Waals surface area contributed by atoms with Gasteiger partial charge in [-0.3, -0.25) is 10.0 Å². The number of unbranched alkanes of at least 4 members (excludes halogenated alkanes) is 1. The van der Waals surface area contributed by atoms with Crippen LogP contribution >= 0.6 is 0 Å². The van der Waals surface area contributed by atoms with Crippen molar-refractivity contribution < 1.29 is 23.2 Å². The van der Waals surface area contributed by atoms with Crippen LogP contribution in [0.25, 0.3) is 0 Å². The maximum atomic E-state index is 12.4. The molecule has 7 heteroatoms. The normalized spacial score (nSPS) is 12.8. The molecule has 0 radical (unpaired) electrons.